The highest BCUT2D eigenvalue weighted by atomic mass is 16.3. The number of likely N-dealkylation sites (tertiary alicyclic amines) is 1. The highest BCUT2D eigenvalue weighted by Crippen LogP contribution is 2.25. The second-order valence-corrected chi connectivity index (χ2v) is 6.51. The molecule has 0 aromatic carbocycles. The second-order valence-electron chi connectivity index (χ2n) is 6.51. The Hall–Kier alpha value is -2.83. The molecule has 3 aromatic heterocycles. The van der Waals surface area contributed by atoms with Gasteiger partial charge in [0.05, 0.1) is 6.04 Å². The summed E-state index contributed by atoms with van der Waals surface area (Å²) < 4.78 is 7.73. The zero-order valence-corrected chi connectivity index (χ0v) is 14.4. The molecule has 0 saturated carbocycles. The lowest BCUT2D eigenvalue weighted by Gasteiger charge is -2.33. The fraction of sp³-hybridized carbons (Fsp3) is 0.389. The zero-order chi connectivity index (χ0) is 17.4. The molecule has 0 radical (unpaired) electrons. The van der Waals surface area contributed by atoms with E-state index >= 15 is 0 Å². The average molecular weight is 339 g/mol. The molecule has 1 fully saturated rings. The van der Waals surface area contributed by atoms with E-state index in [9.17, 15) is 4.79 Å². The van der Waals surface area contributed by atoms with Crippen molar-refractivity contribution in [1.29, 1.82) is 0 Å². The number of nitrogens with one attached hydrogen (secondary N) is 1. The van der Waals surface area contributed by atoms with Crippen LogP contribution in [0.25, 0.3) is 11.5 Å². The molecule has 1 saturated heterocycles. The van der Waals surface area contributed by atoms with Crippen LogP contribution in [-0.4, -0.2) is 43.6 Å². The molecule has 7 nitrogen and oxygen atoms in total. The fourth-order valence-electron chi connectivity index (χ4n) is 3.44. The van der Waals surface area contributed by atoms with Crippen LogP contribution >= 0.6 is 0 Å². The van der Waals surface area contributed by atoms with Crippen LogP contribution in [0.5, 0.6) is 0 Å². The van der Waals surface area contributed by atoms with Gasteiger partial charge < -0.3 is 13.9 Å². The molecule has 130 valence electrons. The van der Waals surface area contributed by atoms with Crippen molar-refractivity contribution in [1.82, 2.24) is 24.6 Å². The number of furan rings is 1. The number of carbonyl (C=O) groups excluding carboxylic acids is 1. The number of aromatic amines is 1. The van der Waals surface area contributed by atoms with Crippen molar-refractivity contribution in [2.45, 2.75) is 32.7 Å². The number of amides is 1. The van der Waals surface area contributed by atoms with E-state index in [1.165, 1.54) is 0 Å². The van der Waals surface area contributed by atoms with Gasteiger partial charge in [-0.1, -0.05) is 0 Å². The standard InChI is InChI=1S/C18H21N5O2/c1-12-5-6-17(25-12)15-10-16(21-20-15)18(24)22-8-3-4-14(11-22)23-9-7-19-13(23)2/h5-7,9-10,14H,3-4,8,11H2,1-2H3,(H,20,21)/t14-/m0/s1. The van der Waals surface area contributed by atoms with Gasteiger partial charge in [0, 0.05) is 31.5 Å². The summed E-state index contributed by atoms with van der Waals surface area (Å²) in [6.07, 6.45) is 5.82. The molecule has 0 spiro atoms. The molecule has 3 aromatic rings. The first kappa shape index (κ1) is 15.7. The van der Waals surface area contributed by atoms with Gasteiger partial charge in [-0.3, -0.25) is 9.89 Å². The Balaban J connectivity index is 1.51. The maximum atomic E-state index is 12.8. The summed E-state index contributed by atoms with van der Waals surface area (Å²) in [5.41, 5.74) is 1.14. The Morgan fingerprint density at radius 1 is 1.36 bits per heavy atom. The van der Waals surface area contributed by atoms with Crippen molar-refractivity contribution in [2.24, 2.45) is 0 Å². The molecule has 1 amide bonds. The Morgan fingerprint density at radius 3 is 2.96 bits per heavy atom. The first-order valence-electron chi connectivity index (χ1n) is 8.53. The number of aromatic nitrogens is 4. The third-order valence-corrected chi connectivity index (χ3v) is 4.74. The van der Waals surface area contributed by atoms with Gasteiger partial charge in [0.2, 0.25) is 0 Å². The monoisotopic (exact) mass is 339 g/mol. The van der Waals surface area contributed by atoms with Gasteiger partial charge in [-0.05, 0) is 38.8 Å². The first-order chi connectivity index (χ1) is 12.1. The first-order valence-corrected chi connectivity index (χ1v) is 8.53. The van der Waals surface area contributed by atoms with Gasteiger partial charge in [0.25, 0.3) is 5.91 Å². The van der Waals surface area contributed by atoms with Crippen molar-refractivity contribution in [2.75, 3.05) is 13.1 Å². The normalized spacial score (nSPS) is 17.8. The molecule has 0 aliphatic carbocycles. The van der Waals surface area contributed by atoms with Crippen LogP contribution in [0, 0.1) is 13.8 Å². The molecule has 1 atom stereocenters. The molecule has 4 heterocycles. The van der Waals surface area contributed by atoms with E-state index in [1.807, 2.05) is 37.1 Å². The second kappa shape index (κ2) is 6.23. The zero-order valence-electron chi connectivity index (χ0n) is 14.4. The lowest BCUT2D eigenvalue weighted by Crippen LogP contribution is -2.41. The predicted octanol–water partition coefficient (Wildman–Crippen LogP) is 2.96. The molecule has 1 aliphatic rings. The summed E-state index contributed by atoms with van der Waals surface area (Å²) in [4.78, 5) is 19.0. The third kappa shape index (κ3) is 2.97. The summed E-state index contributed by atoms with van der Waals surface area (Å²) >= 11 is 0. The molecule has 4 rings (SSSR count). The largest absolute Gasteiger partial charge is 0.460 e. The number of nitrogens with zero attached hydrogens (tertiary/aromatic N) is 4. The minimum atomic E-state index is -0.0479. The Labute approximate surface area is 145 Å². The fourth-order valence-corrected chi connectivity index (χ4v) is 3.44. The van der Waals surface area contributed by atoms with Gasteiger partial charge in [0.1, 0.15) is 17.3 Å². The molecular formula is C18H21N5O2. The van der Waals surface area contributed by atoms with E-state index in [4.69, 9.17) is 4.42 Å². The summed E-state index contributed by atoms with van der Waals surface area (Å²) in [5, 5.41) is 7.08. The van der Waals surface area contributed by atoms with Crippen LogP contribution in [0.4, 0.5) is 0 Å². The van der Waals surface area contributed by atoms with Gasteiger partial charge in [-0.15, -0.1) is 0 Å². The number of aryl methyl sites for hydroxylation is 2. The molecule has 7 heteroatoms. The van der Waals surface area contributed by atoms with Gasteiger partial charge >= 0.3 is 0 Å². The van der Waals surface area contributed by atoms with Crippen molar-refractivity contribution < 1.29 is 9.21 Å². The van der Waals surface area contributed by atoms with Gasteiger partial charge in [0.15, 0.2) is 11.5 Å². The maximum Gasteiger partial charge on any atom is 0.274 e. The number of piperidine rings is 1. The third-order valence-electron chi connectivity index (χ3n) is 4.74. The minimum Gasteiger partial charge on any atom is -0.460 e. The average Bonchev–Trinajstić information content (AvgIpc) is 3.34. The van der Waals surface area contributed by atoms with E-state index in [1.54, 1.807) is 12.3 Å². The van der Waals surface area contributed by atoms with Crippen LogP contribution in [0.3, 0.4) is 0 Å². The molecule has 0 unspecified atom stereocenters. The topological polar surface area (TPSA) is 80.0 Å². The van der Waals surface area contributed by atoms with Crippen LogP contribution < -0.4 is 0 Å². The van der Waals surface area contributed by atoms with E-state index < -0.39 is 0 Å². The summed E-state index contributed by atoms with van der Waals surface area (Å²) in [6, 6.07) is 5.79. The highest BCUT2D eigenvalue weighted by molar-refractivity contribution is 5.93. The number of H-pyrrole nitrogens is 1. The lowest BCUT2D eigenvalue weighted by atomic mass is 10.0. The van der Waals surface area contributed by atoms with Crippen molar-refractivity contribution >= 4 is 5.91 Å². The van der Waals surface area contributed by atoms with Crippen LogP contribution in [-0.2, 0) is 0 Å². The molecule has 25 heavy (non-hydrogen) atoms. The summed E-state index contributed by atoms with van der Waals surface area (Å²) in [5.74, 6) is 2.45. The molecule has 0 bridgehead atoms. The van der Waals surface area contributed by atoms with Crippen molar-refractivity contribution in [3.8, 4) is 11.5 Å². The van der Waals surface area contributed by atoms with E-state index in [0.717, 1.165) is 36.7 Å². The molecule has 1 aliphatic heterocycles. The number of hydrogen-bond donors (Lipinski definition) is 1. The SMILES string of the molecule is Cc1ccc(-c2cc(C(=O)N3CCC[C@H](n4ccnc4C)C3)n[nH]2)o1. The minimum absolute atomic E-state index is 0.0479. The van der Waals surface area contributed by atoms with Crippen molar-refractivity contribution in [3.05, 3.63) is 47.9 Å². The number of rotatable bonds is 3. The number of carbonyl (C=O) groups is 1. The quantitative estimate of drug-likeness (QED) is 0.795. The van der Waals surface area contributed by atoms with E-state index in [0.29, 0.717) is 18.0 Å². The van der Waals surface area contributed by atoms with E-state index in [-0.39, 0.29) is 11.9 Å². The summed E-state index contributed by atoms with van der Waals surface area (Å²) in [7, 11) is 0. The smallest absolute Gasteiger partial charge is 0.274 e. The predicted molar refractivity (Wildman–Crippen MR) is 92.2 cm³/mol. The summed E-state index contributed by atoms with van der Waals surface area (Å²) in [6.45, 7) is 5.31. The number of hydrogen-bond acceptors (Lipinski definition) is 4. The van der Waals surface area contributed by atoms with Crippen molar-refractivity contribution in [3.63, 3.8) is 0 Å². The number of imidazole rings is 1. The molecule has 1 N–H and O–H groups in total. The van der Waals surface area contributed by atoms with Crippen LogP contribution in [0.15, 0.2) is 35.0 Å². The van der Waals surface area contributed by atoms with Gasteiger partial charge in [-0.2, -0.15) is 5.10 Å². The Kier molecular flexibility index (Phi) is 3.91. The van der Waals surface area contributed by atoms with Crippen LogP contribution in [0.1, 0.15) is 41.0 Å². The lowest BCUT2D eigenvalue weighted by molar-refractivity contribution is 0.0672. The highest BCUT2D eigenvalue weighted by Gasteiger charge is 2.27. The van der Waals surface area contributed by atoms with E-state index in [2.05, 4.69) is 19.7 Å². The Bertz CT molecular complexity index is 891. The van der Waals surface area contributed by atoms with Gasteiger partial charge in [-0.25, -0.2) is 4.98 Å². The maximum absolute atomic E-state index is 12.8. The Morgan fingerprint density at radius 2 is 2.24 bits per heavy atom. The van der Waals surface area contributed by atoms with Crippen LogP contribution in [0.2, 0.25) is 0 Å². The molecular weight excluding hydrogens is 318 g/mol.